The van der Waals surface area contributed by atoms with Gasteiger partial charge in [-0.05, 0) is 25.7 Å². The Bertz CT molecular complexity index is 409. The number of carbonyl (C=O) groups is 1. The molecule has 2 aliphatic carbocycles. The first-order chi connectivity index (χ1) is 7.25. The summed E-state index contributed by atoms with van der Waals surface area (Å²) in [6, 6.07) is 0.494. The van der Waals surface area contributed by atoms with E-state index in [4.69, 9.17) is 5.11 Å². The van der Waals surface area contributed by atoms with Gasteiger partial charge < -0.3 is 5.11 Å². The molecule has 1 N–H and O–H groups in total. The van der Waals surface area contributed by atoms with Crippen LogP contribution in [-0.2, 0) is 17.6 Å². The zero-order chi connectivity index (χ0) is 10.4. The zero-order valence-corrected chi connectivity index (χ0v) is 8.39. The molecule has 0 spiro atoms. The van der Waals surface area contributed by atoms with Gasteiger partial charge in [0.15, 0.2) is 0 Å². The number of fused-ring (bicyclic) bond motifs is 1. The van der Waals surface area contributed by atoms with Gasteiger partial charge in [0.05, 0.1) is 23.3 Å². The SMILES string of the molecule is O=C(O)[C@@H]1CCc2nnn(C3CC3)c2C1. The van der Waals surface area contributed by atoms with Gasteiger partial charge in [0.2, 0.25) is 0 Å². The highest BCUT2D eigenvalue weighted by atomic mass is 16.4. The van der Waals surface area contributed by atoms with Crippen LogP contribution in [0.3, 0.4) is 0 Å². The van der Waals surface area contributed by atoms with E-state index in [1.165, 1.54) is 0 Å². The van der Waals surface area contributed by atoms with Crippen LogP contribution in [0.5, 0.6) is 0 Å². The first-order valence-corrected chi connectivity index (χ1v) is 5.41. The first-order valence-electron chi connectivity index (χ1n) is 5.41. The average Bonchev–Trinajstić information content (AvgIpc) is 2.98. The molecule has 1 heterocycles. The quantitative estimate of drug-likeness (QED) is 0.779. The van der Waals surface area contributed by atoms with Crippen molar-refractivity contribution in [2.45, 2.75) is 38.1 Å². The topological polar surface area (TPSA) is 68.0 Å². The lowest BCUT2D eigenvalue weighted by Crippen LogP contribution is -2.23. The van der Waals surface area contributed by atoms with Crippen molar-refractivity contribution in [3.63, 3.8) is 0 Å². The molecule has 1 atom stereocenters. The van der Waals surface area contributed by atoms with Crippen molar-refractivity contribution < 1.29 is 9.90 Å². The van der Waals surface area contributed by atoms with Gasteiger partial charge >= 0.3 is 5.97 Å². The van der Waals surface area contributed by atoms with E-state index in [0.717, 1.165) is 30.7 Å². The maximum absolute atomic E-state index is 10.9. The Balaban J connectivity index is 1.91. The smallest absolute Gasteiger partial charge is 0.306 e. The Kier molecular flexibility index (Phi) is 1.81. The molecule has 0 bridgehead atoms. The number of nitrogens with zero attached hydrogens (tertiary/aromatic N) is 3. The number of aryl methyl sites for hydroxylation is 1. The highest BCUT2D eigenvalue weighted by Crippen LogP contribution is 2.37. The van der Waals surface area contributed by atoms with Gasteiger partial charge in [0, 0.05) is 6.42 Å². The average molecular weight is 207 g/mol. The minimum Gasteiger partial charge on any atom is -0.481 e. The minimum absolute atomic E-state index is 0.242. The summed E-state index contributed by atoms with van der Waals surface area (Å²) in [5.41, 5.74) is 2.08. The van der Waals surface area contributed by atoms with Crippen LogP contribution in [0.1, 0.15) is 36.7 Å². The third kappa shape index (κ3) is 1.42. The summed E-state index contributed by atoms with van der Waals surface area (Å²) in [6.45, 7) is 0. The van der Waals surface area contributed by atoms with E-state index >= 15 is 0 Å². The predicted molar refractivity (Wildman–Crippen MR) is 51.4 cm³/mol. The molecule has 1 aromatic heterocycles. The molecule has 80 valence electrons. The van der Waals surface area contributed by atoms with Crippen molar-refractivity contribution in [3.8, 4) is 0 Å². The maximum Gasteiger partial charge on any atom is 0.306 e. The summed E-state index contributed by atoms with van der Waals surface area (Å²) in [4.78, 5) is 10.9. The predicted octanol–water partition coefficient (Wildman–Crippen LogP) is 0.802. The Morgan fingerprint density at radius 1 is 1.40 bits per heavy atom. The standard InChI is InChI=1S/C10H13N3O2/c14-10(15)6-1-4-8-9(5-6)13(12-11-8)7-2-3-7/h6-7H,1-5H2,(H,14,15)/t6-/m1/s1. The first kappa shape index (κ1) is 8.88. The lowest BCUT2D eigenvalue weighted by Gasteiger charge is -2.18. The maximum atomic E-state index is 10.9. The van der Waals surface area contributed by atoms with Crippen molar-refractivity contribution in [1.82, 2.24) is 15.0 Å². The normalized spacial score (nSPS) is 24.9. The van der Waals surface area contributed by atoms with Crippen LogP contribution in [-0.4, -0.2) is 26.1 Å². The Labute approximate surface area is 87.1 Å². The second-order valence-electron chi connectivity index (χ2n) is 4.44. The van der Waals surface area contributed by atoms with Crippen LogP contribution in [0.25, 0.3) is 0 Å². The lowest BCUT2D eigenvalue weighted by atomic mass is 9.90. The van der Waals surface area contributed by atoms with Crippen LogP contribution >= 0.6 is 0 Å². The molecular formula is C10H13N3O2. The van der Waals surface area contributed by atoms with E-state index in [-0.39, 0.29) is 5.92 Å². The van der Waals surface area contributed by atoms with Crippen LogP contribution < -0.4 is 0 Å². The molecule has 0 aromatic carbocycles. The zero-order valence-electron chi connectivity index (χ0n) is 8.39. The molecule has 3 rings (SSSR count). The summed E-state index contributed by atoms with van der Waals surface area (Å²) in [7, 11) is 0. The van der Waals surface area contributed by atoms with Gasteiger partial charge in [-0.2, -0.15) is 0 Å². The molecule has 0 radical (unpaired) electrons. The molecular weight excluding hydrogens is 194 g/mol. The number of aliphatic carboxylic acids is 1. The lowest BCUT2D eigenvalue weighted by molar-refractivity contribution is -0.142. The monoisotopic (exact) mass is 207 g/mol. The van der Waals surface area contributed by atoms with E-state index in [2.05, 4.69) is 10.3 Å². The third-order valence-corrected chi connectivity index (χ3v) is 3.28. The van der Waals surface area contributed by atoms with Gasteiger partial charge in [-0.15, -0.1) is 5.10 Å². The second-order valence-corrected chi connectivity index (χ2v) is 4.44. The highest BCUT2D eigenvalue weighted by molar-refractivity contribution is 5.70. The minimum atomic E-state index is -0.691. The molecule has 0 saturated heterocycles. The summed E-state index contributed by atoms with van der Waals surface area (Å²) in [5, 5.41) is 17.3. The fourth-order valence-corrected chi connectivity index (χ4v) is 2.22. The van der Waals surface area contributed by atoms with Crippen molar-refractivity contribution in [2.24, 2.45) is 5.92 Å². The summed E-state index contributed by atoms with van der Waals surface area (Å²) < 4.78 is 1.95. The van der Waals surface area contributed by atoms with Gasteiger partial charge in [-0.3, -0.25) is 4.79 Å². The number of aromatic nitrogens is 3. The molecule has 0 aliphatic heterocycles. The number of carboxylic acid groups (broad SMARTS) is 1. The number of hydrogen-bond acceptors (Lipinski definition) is 3. The van der Waals surface area contributed by atoms with Crippen molar-refractivity contribution >= 4 is 5.97 Å². The second kappa shape index (κ2) is 3.05. The molecule has 15 heavy (non-hydrogen) atoms. The number of rotatable bonds is 2. The Hall–Kier alpha value is -1.39. The van der Waals surface area contributed by atoms with Crippen molar-refractivity contribution in [2.75, 3.05) is 0 Å². The van der Waals surface area contributed by atoms with Crippen LogP contribution in [0, 0.1) is 5.92 Å². The van der Waals surface area contributed by atoms with E-state index < -0.39 is 5.97 Å². The molecule has 0 amide bonds. The van der Waals surface area contributed by atoms with Gasteiger partial charge in [-0.25, -0.2) is 4.68 Å². The van der Waals surface area contributed by atoms with Gasteiger partial charge in [-0.1, -0.05) is 5.21 Å². The number of hydrogen-bond donors (Lipinski definition) is 1. The highest BCUT2D eigenvalue weighted by Gasteiger charge is 2.33. The van der Waals surface area contributed by atoms with Crippen LogP contribution in [0.2, 0.25) is 0 Å². The number of carboxylic acids is 1. The van der Waals surface area contributed by atoms with Crippen molar-refractivity contribution in [3.05, 3.63) is 11.4 Å². The Morgan fingerprint density at radius 2 is 2.20 bits per heavy atom. The molecule has 1 saturated carbocycles. The van der Waals surface area contributed by atoms with Crippen LogP contribution in [0.15, 0.2) is 0 Å². The van der Waals surface area contributed by atoms with E-state index in [0.29, 0.717) is 18.9 Å². The summed E-state index contributed by atoms with van der Waals surface area (Å²) >= 11 is 0. The molecule has 0 unspecified atom stereocenters. The fourth-order valence-electron chi connectivity index (χ4n) is 2.22. The molecule has 2 aliphatic rings. The molecule has 5 nitrogen and oxygen atoms in total. The van der Waals surface area contributed by atoms with Gasteiger partial charge in [0.1, 0.15) is 0 Å². The molecule has 1 fully saturated rings. The van der Waals surface area contributed by atoms with E-state index in [1.54, 1.807) is 0 Å². The third-order valence-electron chi connectivity index (χ3n) is 3.28. The fraction of sp³-hybridized carbons (Fsp3) is 0.700. The molecule has 5 heteroatoms. The van der Waals surface area contributed by atoms with Crippen molar-refractivity contribution in [1.29, 1.82) is 0 Å². The van der Waals surface area contributed by atoms with E-state index in [1.807, 2.05) is 4.68 Å². The van der Waals surface area contributed by atoms with Crippen LogP contribution in [0.4, 0.5) is 0 Å². The summed E-state index contributed by atoms with van der Waals surface area (Å²) in [6.07, 6.45) is 4.39. The molecule has 1 aromatic rings. The van der Waals surface area contributed by atoms with E-state index in [9.17, 15) is 4.79 Å². The summed E-state index contributed by atoms with van der Waals surface area (Å²) in [5.74, 6) is -0.933. The largest absolute Gasteiger partial charge is 0.481 e. The van der Waals surface area contributed by atoms with Gasteiger partial charge in [0.25, 0.3) is 0 Å². The Morgan fingerprint density at radius 3 is 2.87 bits per heavy atom.